The molecule has 0 bridgehead atoms. The molecule has 1 aliphatic heterocycles. The molecular weight excluding hydrogens is 274 g/mol. The Bertz CT molecular complexity index is 563. The van der Waals surface area contributed by atoms with Crippen LogP contribution in [0.4, 0.5) is 8.78 Å². The number of rotatable bonds is 4. The molecule has 7 heteroatoms. The molecule has 106 valence electrons. The molecule has 1 aromatic rings. The van der Waals surface area contributed by atoms with Crippen molar-refractivity contribution in [3.05, 3.63) is 29.8 Å². The molecule has 0 aliphatic carbocycles. The highest BCUT2D eigenvalue weighted by molar-refractivity contribution is 7.89. The average molecular weight is 290 g/mol. The molecule has 0 radical (unpaired) electrons. The SMILES string of the molecule is CNC[C@@H]1CCN(S(=O)(=O)c2cc(F)ccc2F)C1. The minimum atomic E-state index is -3.95. The van der Waals surface area contributed by atoms with E-state index >= 15 is 0 Å². The number of halogens is 2. The standard InChI is InChI=1S/C12H16F2N2O2S/c1-15-7-9-4-5-16(8-9)19(17,18)12-6-10(13)2-3-11(12)14/h2-3,6,9,15H,4-5,7-8H2,1H3/t9-/m0/s1. The predicted octanol–water partition coefficient (Wildman–Crippen LogP) is 1.19. The molecule has 19 heavy (non-hydrogen) atoms. The van der Waals surface area contributed by atoms with E-state index < -0.39 is 26.6 Å². The van der Waals surface area contributed by atoms with E-state index in [-0.39, 0.29) is 5.92 Å². The molecule has 1 aromatic carbocycles. The normalized spacial score (nSPS) is 20.9. The Kier molecular flexibility index (Phi) is 4.17. The average Bonchev–Trinajstić information content (AvgIpc) is 2.82. The minimum absolute atomic E-state index is 0.205. The quantitative estimate of drug-likeness (QED) is 0.906. The van der Waals surface area contributed by atoms with Crippen LogP contribution in [-0.4, -0.2) is 39.4 Å². The van der Waals surface area contributed by atoms with E-state index in [1.807, 2.05) is 0 Å². The van der Waals surface area contributed by atoms with Gasteiger partial charge in [-0.1, -0.05) is 0 Å². The largest absolute Gasteiger partial charge is 0.319 e. The van der Waals surface area contributed by atoms with Gasteiger partial charge >= 0.3 is 0 Å². The Labute approximate surface area is 111 Å². The van der Waals surface area contributed by atoms with Crippen molar-refractivity contribution < 1.29 is 17.2 Å². The molecule has 0 saturated carbocycles. The monoisotopic (exact) mass is 290 g/mol. The smallest absolute Gasteiger partial charge is 0.246 e. The molecule has 1 heterocycles. The molecule has 4 nitrogen and oxygen atoms in total. The van der Waals surface area contributed by atoms with Gasteiger partial charge in [0.25, 0.3) is 0 Å². The van der Waals surface area contributed by atoms with Crippen molar-refractivity contribution in [2.75, 3.05) is 26.7 Å². The summed E-state index contributed by atoms with van der Waals surface area (Å²) in [4.78, 5) is -0.586. The lowest BCUT2D eigenvalue weighted by Gasteiger charge is -2.17. The van der Waals surface area contributed by atoms with Gasteiger partial charge in [0.2, 0.25) is 10.0 Å². The number of nitrogens with zero attached hydrogens (tertiary/aromatic N) is 1. The molecular formula is C12H16F2N2O2S. The Morgan fingerprint density at radius 3 is 2.84 bits per heavy atom. The zero-order valence-corrected chi connectivity index (χ0v) is 11.4. The van der Waals surface area contributed by atoms with Gasteiger partial charge in [-0.2, -0.15) is 4.31 Å². The van der Waals surface area contributed by atoms with Gasteiger partial charge in [0.1, 0.15) is 16.5 Å². The summed E-state index contributed by atoms with van der Waals surface area (Å²) in [6, 6.07) is 2.47. The number of hydrogen-bond donors (Lipinski definition) is 1. The van der Waals surface area contributed by atoms with Crippen molar-refractivity contribution >= 4 is 10.0 Å². The zero-order chi connectivity index (χ0) is 14.0. The third-order valence-corrected chi connectivity index (χ3v) is 5.13. The summed E-state index contributed by atoms with van der Waals surface area (Å²) in [6.45, 7) is 1.38. The first kappa shape index (κ1) is 14.4. The van der Waals surface area contributed by atoms with Crippen LogP contribution in [0.5, 0.6) is 0 Å². The van der Waals surface area contributed by atoms with Gasteiger partial charge in [-0.15, -0.1) is 0 Å². The van der Waals surface area contributed by atoms with Gasteiger partial charge in [0.15, 0.2) is 0 Å². The topological polar surface area (TPSA) is 49.4 Å². The van der Waals surface area contributed by atoms with Crippen molar-refractivity contribution in [1.29, 1.82) is 0 Å². The minimum Gasteiger partial charge on any atom is -0.319 e. The fourth-order valence-electron chi connectivity index (χ4n) is 2.28. The van der Waals surface area contributed by atoms with E-state index in [1.165, 1.54) is 4.31 Å². The summed E-state index contributed by atoms with van der Waals surface area (Å²) in [5.74, 6) is -1.47. The van der Waals surface area contributed by atoms with E-state index in [1.54, 1.807) is 7.05 Å². The highest BCUT2D eigenvalue weighted by Gasteiger charge is 2.34. The lowest BCUT2D eigenvalue weighted by Crippen LogP contribution is -2.31. The first-order valence-corrected chi connectivity index (χ1v) is 7.49. The van der Waals surface area contributed by atoms with Gasteiger partial charge in [-0.05, 0) is 44.1 Å². The van der Waals surface area contributed by atoms with E-state index in [2.05, 4.69) is 5.32 Å². The van der Waals surface area contributed by atoms with Crippen LogP contribution < -0.4 is 5.32 Å². The van der Waals surface area contributed by atoms with E-state index in [9.17, 15) is 17.2 Å². The number of hydrogen-bond acceptors (Lipinski definition) is 3. The maximum atomic E-state index is 13.6. The predicted molar refractivity (Wildman–Crippen MR) is 67.2 cm³/mol. The van der Waals surface area contributed by atoms with Crippen molar-refractivity contribution in [2.45, 2.75) is 11.3 Å². The lowest BCUT2D eigenvalue weighted by molar-refractivity contribution is 0.445. The maximum absolute atomic E-state index is 13.6. The summed E-state index contributed by atoms with van der Waals surface area (Å²) in [6.07, 6.45) is 0.719. The summed E-state index contributed by atoms with van der Waals surface area (Å²) in [5, 5.41) is 2.99. The molecule has 1 fully saturated rings. The molecule has 1 aliphatic rings. The molecule has 1 N–H and O–H groups in total. The Balaban J connectivity index is 2.26. The van der Waals surface area contributed by atoms with Crippen LogP contribution in [-0.2, 0) is 10.0 Å². The molecule has 2 rings (SSSR count). The van der Waals surface area contributed by atoms with Crippen LogP contribution in [0.15, 0.2) is 23.1 Å². The van der Waals surface area contributed by atoms with E-state index in [0.717, 1.165) is 24.6 Å². The Hall–Kier alpha value is -1.05. The van der Waals surface area contributed by atoms with Gasteiger partial charge in [-0.3, -0.25) is 0 Å². The van der Waals surface area contributed by atoms with Crippen LogP contribution in [0.2, 0.25) is 0 Å². The second-order valence-electron chi connectivity index (χ2n) is 4.65. The molecule has 0 spiro atoms. The van der Waals surface area contributed by atoms with Crippen LogP contribution in [0.3, 0.4) is 0 Å². The van der Waals surface area contributed by atoms with Crippen molar-refractivity contribution in [3.8, 4) is 0 Å². The molecule has 1 saturated heterocycles. The van der Waals surface area contributed by atoms with E-state index in [0.29, 0.717) is 19.6 Å². The van der Waals surface area contributed by atoms with Gasteiger partial charge in [-0.25, -0.2) is 17.2 Å². The second kappa shape index (κ2) is 5.52. The number of nitrogens with one attached hydrogen (secondary N) is 1. The highest BCUT2D eigenvalue weighted by Crippen LogP contribution is 2.26. The van der Waals surface area contributed by atoms with E-state index in [4.69, 9.17) is 0 Å². The molecule has 1 atom stereocenters. The number of sulfonamides is 1. The lowest BCUT2D eigenvalue weighted by atomic mass is 10.1. The molecule has 0 amide bonds. The Morgan fingerprint density at radius 1 is 1.42 bits per heavy atom. The second-order valence-corrected chi connectivity index (χ2v) is 6.56. The summed E-state index contributed by atoms with van der Waals surface area (Å²) >= 11 is 0. The summed E-state index contributed by atoms with van der Waals surface area (Å²) < 4.78 is 52.4. The van der Waals surface area contributed by atoms with Crippen molar-refractivity contribution in [2.24, 2.45) is 5.92 Å². The summed E-state index contributed by atoms with van der Waals surface area (Å²) in [7, 11) is -2.16. The van der Waals surface area contributed by atoms with Gasteiger partial charge in [0.05, 0.1) is 0 Å². The zero-order valence-electron chi connectivity index (χ0n) is 10.6. The van der Waals surface area contributed by atoms with Crippen LogP contribution in [0.1, 0.15) is 6.42 Å². The fraction of sp³-hybridized carbons (Fsp3) is 0.500. The van der Waals surface area contributed by atoms with Gasteiger partial charge in [0, 0.05) is 13.1 Å². The maximum Gasteiger partial charge on any atom is 0.246 e. The van der Waals surface area contributed by atoms with Gasteiger partial charge < -0.3 is 5.32 Å². The molecule has 0 unspecified atom stereocenters. The van der Waals surface area contributed by atoms with Crippen molar-refractivity contribution in [3.63, 3.8) is 0 Å². The van der Waals surface area contributed by atoms with Crippen LogP contribution in [0.25, 0.3) is 0 Å². The third kappa shape index (κ3) is 2.93. The third-order valence-electron chi connectivity index (χ3n) is 3.25. The highest BCUT2D eigenvalue weighted by atomic mass is 32.2. The fourth-order valence-corrected chi connectivity index (χ4v) is 3.89. The van der Waals surface area contributed by atoms with Crippen LogP contribution in [0, 0.1) is 17.6 Å². The summed E-state index contributed by atoms with van der Waals surface area (Å²) in [5.41, 5.74) is 0. The van der Waals surface area contributed by atoms with Crippen LogP contribution >= 0.6 is 0 Å². The van der Waals surface area contributed by atoms with Crippen molar-refractivity contribution in [1.82, 2.24) is 9.62 Å². The Morgan fingerprint density at radius 2 is 2.16 bits per heavy atom. The molecule has 0 aromatic heterocycles. The first-order chi connectivity index (χ1) is 8.95. The first-order valence-electron chi connectivity index (χ1n) is 6.05. The number of benzene rings is 1.